The van der Waals surface area contributed by atoms with Crippen molar-refractivity contribution in [3.05, 3.63) is 42.5 Å². The van der Waals surface area contributed by atoms with Crippen LogP contribution in [0.4, 0.5) is 0 Å². The van der Waals surface area contributed by atoms with Crippen LogP contribution in [0.2, 0.25) is 0 Å². The van der Waals surface area contributed by atoms with Crippen LogP contribution in [0.3, 0.4) is 0 Å². The fraction of sp³-hybridized carbons (Fsp3) is 0. The van der Waals surface area contributed by atoms with E-state index in [2.05, 4.69) is 12.1 Å². The number of nitrogens with zero attached hydrogens (tertiary/aromatic N) is 1. The summed E-state index contributed by atoms with van der Waals surface area (Å²) in [6.45, 7) is 0. The molecule has 0 fully saturated rings. The van der Waals surface area contributed by atoms with E-state index in [-0.39, 0.29) is 0 Å². The molecule has 4 bridgehead atoms. The smallest absolute Gasteiger partial charge is 0.212 e. The van der Waals surface area contributed by atoms with Gasteiger partial charge in [-0.05, 0) is 28.5 Å². The van der Waals surface area contributed by atoms with Gasteiger partial charge < -0.3 is 9.36 Å². The molecule has 0 N–H and O–H groups in total. The topological polar surface area (TPSA) is 27.3 Å². The number of para-hydroxylation sites is 1. The van der Waals surface area contributed by atoms with E-state index < -0.39 is 0 Å². The molecular weight excluding hydrogens is 190 g/mol. The highest BCUT2D eigenvalue weighted by atomic mass is 16.8. The summed E-state index contributed by atoms with van der Waals surface area (Å²) in [5.74, 6) is 0.804. The highest BCUT2D eigenvalue weighted by molar-refractivity contribution is 5.94. The second kappa shape index (κ2) is 2.25. The number of hydrogen-bond donors (Lipinski definition) is 0. The van der Waals surface area contributed by atoms with Crippen molar-refractivity contribution in [3.63, 3.8) is 0 Å². The van der Waals surface area contributed by atoms with Gasteiger partial charge in [-0.15, -0.1) is 0 Å². The van der Waals surface area contributed by atoms with Gasteiger partial charge in [-0.25, -0.2) is 0 Å². The Morgan fingerprint density at radius 1 is 1.00 bits per heavy atom. The van der Waals surface area contributed by atoms with Gasteiger partial charge in [0.2, 0.25) is 11.3 Å². The maximum atomic E-state index is 5.61. The molecule has 72 valence electrons. The summed E-state index contributed by atoms with van der Waals surface area (Å²) in [7, 11) is 0. The Kier molecular flexibility index (Phi) is 1.08. The largest absolute Gasteiger partial charge is 0.341 e. The van der Waals surface area contributed by atoms with Gasteiger partial charge in [-0.3, -0.25) is 0 Å². The molecule has 0 atom stereocenters. The zero-order valence-electron chi connectivity index (χ0n) is 7.81. The molecule has 3 heteroatoms. The first-order valence-corrected chi connectivity index (χ1v) is 4.81. The molecule has 0 aromatic heterocycles. The number of benzene rings is 2. The Hall–Kier alpha value is -2.16. The van der Waals surface area contributed by atoms with E-state index in [1.165, 1.54) is 4.90 Å². The molecule has 0 radical (unpaired) electrons. The van der Waals surface area contributed by atoms with Crippen LogP contribution in [-0.2, 0) is 0 Å². The normalized spacial score (nSPS) is 12.5. The number of rotatable bonds is 0. The fourth-order valence-electron chi connectivity index (χ4n) is 1.99. The highest BCUT2D eigenvalue weighted by Crippen LogP contribution is 2.35. The number of hydrogen-bond acceptors (Lipinski definition) is 2. The van der Waals surface area contributed by atoms with Crippen molar-refractivity contribution in [2.45, 2.75) is 0 Å². The molecule has 2 aromatic rings. The SMILES string of the molecule is c1cc2on3c4cccc(c4)c(c1)c2O3. The van der Waals surface area contributed by atoms with Crippen molar-refractivity contribution in [2.24, 2.45) is 0 Å². The van der Waals surface area contributed by atoms with E-state index in [1.54, 1.807) is 0 Å². The minimum atomic E-state index is 0.777. The van der Waals surface area contributed by atoms with Crippen molar-refractivity contribution in [1.82, 2.24) is 4.90 Å². The van der Waals surface area contributed by atoms with Crippen molar-refractivity contribution >= 4 is 21.9 Å². The first-order chi connectivity index (χ1) is 7.42. The van der Waals surface area contributed by atoms with Crippen molar-refractivity contribution in [2.75, 3.05) is 0 Å². The van der Waals surface area contributed by atoms with Gasteiger partial charge >= 0.3 is 0 Å². The van der Waals surface area contributed by atoms with Crippen molar-refractivity contribution < 1.29 is 9.36 Å². The van der Waals surface area contributed by atoms with Gasteiger partial charge in [-0.2, -0.15) is 0 Å². The zero-order chi connectivity index (χ0) is 9.83. The highest BCUT2D eigenvalue weighted by Gasteiger charge is 2.16. The molecule has 2 aliphatic heterocycles. The van der Waals surface area contributed by atoms with Crippen LogP contribution >= 0.6 is 0 Å². The summed E-state index contributed by atoms with van der Waals surface area (Å²) in [6, 6.07) is 14.0. The molecule has 2 aromatic carbocycles. The van der Waals surface area contributed by atoms with E-state index in [0.717, 1.165) is 27.6 Å². The van der Waals surface area contributed by atoms with Gasteiger partial charge in [0, 0.05) is 5.39 Å². The van der Waals surface area contributed by atoms with E-state index in [9.17, 15) is 0 Å². The Morgan fingerprint density at radius 3 is 2.93 bits per heavy atom. The molecule has 0 saturated carbocycles. The van der Waals surface area contributed by atoms with Gasteiger partial charge in [0.15, 0.2) is 0 Å². The van der Waals surface area contributed by atoms with E-state index >= 15 is 0 Å². The van der Waals surface area contributed by atoms with Gasteiger partial charge in [0.05, 0.1) is 0 Å². The summed E-state index contributed by atoms with van der Waals surface area (Å²) in [5.41, 5.74) is 1.69. The van der Waals surface area contributed by atoms with Gasteiger partial charge in [0.25, 0.3) is 0 Å². The lowest BCUT2D eigenvalue weighted by Crippen LogP contribution is -1.97. The average molecular weight is 197 g/mol. The lowest BCUT2D eigenvalue weighted by molar-refractivity contribution is 0.0869. The molecule has 15 heavy (non-hydrogen) atoms. The van der Waals surface area contributed by atoms with E-state index in [4.69, 9.17) is 9.36 Å². The maximum absolute atomic E-state index is 5.61. The third-order valence-corrected chi connectivity index (χ3v) is 2.70. The minimum absolute atomic E-state index is 0.777. The lowest BCUT2D eigenvalue weighted by atomic mass is 10.1. The lowest BCUT2D eigenvalue weighted by Gasteiger charge is -1.95. The summed E-state index contributed by atoms with van der Waals surface area (Å²) < 4.78 is 5.54. The number of fused-ring (bicyclic) bond motifs is 5. The van der Waals surface area contributed by atoms with E-state index in [1.807, 2.05) is 30.3 Å². The predicted molar refractivity (Wildman–Crippen MR) is 56.6 cm³/mol. The first kappa shape index (κ1) is 7.17. The molecule has 2 heterocycles. The van der Waals surface area contributed by atoms with Crippen molar-refractivity contribution in [1.29, 1.82) is 0 Å². The maximum Gasteiger partial charge on any atom is 0.212 e. The van der Waals surface area contributed by atoms with Crippen LogP contribution < -0.4 is 4.84 Å². The summed E-state index contributed by atoms with van der Waals surface area (Å²) in [5, 5.41) is 2.24. The minimum Gasteiger partial charge on any atom is -0.341 e. The van der Waals surface area contributed by atoms with Crippen molar-refractivity contribution in [3.8, 4) is 5.75 Å². The van der Waals surface area contributed by atoms with Crippen LogP contribution in [0.25, 0.3) is 21.9 Å². The van der Waals surface area contributed by atoms with Gasteiger partial charge in [0.1, 0.15) is 5.52 Å². The molecule has 0 saturated heterocycles. The fourth-order valence-corrected chi connectivity index (χ4v) is 1.99. The van der Waals surface area contributed by atoms with Crippen LogP contribution in [0.5, 0.6) is 5.75 Å². The van der Waals surface area contributed by atoms with Crippen LogP contribution in [0.15, 0.2) is 47.0 Å². The zero-order valence-corrected chi connectivity index (χ0v) is 7.81. The van der Waals surface area contributed by atoms with E-state index in [0.29, 0.717) is 0 Å². The van der Waals surface area contributed by atoms with Crippen LogP contribution in [0.1, 0.15) is 0 Å². The molecule has 4 rings (SSSR count). The third kappa shape index (κ3) is 0.801. The second-order valence-corrected chi connectivity index (χ2v) is 3.62. The predicted octanol–water partition coefficient (Wildman–Crippen LogP) is 3.11. The molecule has 0 aliphatic carbocycles. The number of aromatic nitrogens is 1. The molecular formula is C12H7NO2. The summed E-state index contributed by atoms with van der Waals surface area (Å²) in [6.07, 6.45) is 0. The van der Waals surface area contributed by atoms with Gasteiger partial charge in [-0.1, -0.05) is 24.3 Å². The molecule has 3 nitrogen and oxygen atoms in total. The third-order valence-electron chi connectivity index (χ3n) is 2.70. The summed E-state index contributed by atoms with van der Waals surface area (Å²) in [4.78, 5) is 7.06. The monoisotopic (exact) mass is 197 g/mol. The Bertz CT molecular complexity index is 700. The Labute approximate surface area is 85.0 Å². The molecule has 0 spiro atoms. The Balaban J connectivity index is 2.45. The van der Waals surface area contributed by atoms with Crippen LogP contribution in [0, 0.1) is 0 Å². The van der Waals surface area contributed by atoms with Crippen LogP contribution in [-0.4, -0.2) is 4.90 Å². The second-order valence-electron chi connectivity index (χ2n) is 3.62. The molecule has 2 aliphatic rings. The molecule has 0 unspecified atom stereocenters. The standard InChI is InChI=1S/C12H7NO2/c1-3-8-7-9(4-1)13-14-11-6-2-5-10(8)12(11)15-13/h1-7H. The summed E-state index contributed by atoms with van der Waals surface area (Å²) >= 11 is 0. The average Bonchev–Trinajstić information content (AvgIpc) is 2.68. The first-order valence-electron chi connectivity index (χ1n) is 4.81. The quantitative estimate of drug-likeness (QED) is 0.433. The Morgan fingerprint density at radius 2 is 1.93 bits per heavy atom. The molecule has 0 amide bonds.